The Morgan fingerprint density at radius 1 is 0.909 bits per heavy atom. The molecular weight excluding hydrogens is 319 g/mol. The van der Waals surface area contributed by atoms with Gasteiger partial charge in [0.1, 0.15) is 0 Å². The molecule has 1 aromatic carbocycles. The van der Waals surface area contributed by atoms with E-state index in [2.05, 4.69) is 0 Å². The Hall–Kier alpha value is -1.80. The van der Waals surface area contributed by atoms with Crippen LogP contribution in [0.4, 0.5) is 36.4 Å². The molecule has 1 aromatic rings. The molecule has 0 saturated carbocycles. The quantitative estimate of drug-likeness (QED) is 0.601. The third-order valence-corrected chi connectivity index (χ3v) is 3.18. The van der Waals surface area contributed by atoms with E-state index in [0.717, 1.165) is 4.90 Å². The van der Waals surface area contributed by atoms with Gasteiger partial charge in [-0.25, -0.2) is 4.39 Å². The number of carbonyl (C=O) groups excluding carboxylic acids is 1. The van der Waals surface area contributed by atoms with Crippen molar-refractivity contribution in [3.8, 4) is 0 Å². The molecule has 0 N–H and O–H groups in total. The summed E-state index contributed by atoms with van der Waals surface area (Å²) < 4.78 is 90.3. The maximum absolute atomic E-state index is 14.0. The van der Waals surface area contributed by atoms with Crippen LogP contribution in [0.1, 0.15) is 16.7 Å². The van der Waals surface area contributed by atoms with Gasteiger partial charge in [0.05, 0.1) is 0 Å². The minimum absolute atomic E-state index is 0.0832. The molecule has 0 radical (unpaired) electrons. The van der Waals surface area contributed by atoms with E-state index in [1.54, 1.807) is 0 Å². The van der Waals surface area contributed by atoms with Gasteiger partial charge in [0.2, 0.25) is 6.41 Å². The van der Waals surface area contributed by atoms with Gasteiger partial charge in [-0.1, -0.05) is 12.1 Å². The fraction of sp³-hybridized carbons (Fsp3) is 0.462. The van der Waals surface area contributed by atoms with Gasteiger partial charge in [-0.2, -0.15) is 26.3 Å². The average molecular weight is 331 g/mol. The zero-order valence-electron chi connectivity index (χ0n) is 11.7. The topological polar surface area (TPSA) is 20.3 Å². The van der Waals surface area contributed by atoms with E-state index in [1.807, 2.05) is 0 Å². The SMILES string of the molecule is Cc1cc(C(F)(C(F)(F)F)C(F)(F)F)cc(C)c1N(C)C=O. The third kappa shape index (κ3) is 2.76. The first-order valence-electron chi connectivity index (χ1n) is 5.89. The fourth-order valence-corrected chi connectivity index (χ4v) is 2.25. The molecule has 0 unspecified atom stereocenters. The number of benzene rings is 1. The van der Waals surface area contributed by atoms with Crippen molar-refractivity contribution in [1.29, 1.82) is 0 Å². The predicted octanol–water partition coefficient (Wildman–Crippen LogP) is 4.19. The monoisotopic (exact) mass is 331 g/mol. The first kappa shape index (κ1) is 18.2. The Labute approximate surface area is 121 Å². The van der Waals surface area contributed by atoms with Crippen LogP contribution >= 0.6 is 0 Å². The maximum Gasteiger partial charge on any atom is 0.435 e. The minimum Gasteiger partial charge on any atom is -0.318 e. The van der Waals surface area contributed by atoms with E-state index in [-0.39, 0.29) is 16.8 Å². The summed E-state index contributed by atoms with van der Waals surface area (Å²) in [6.45, 7) is 2.39. The highest BCUT2D eigenvalue weighted by Crippen LogP contribution is 2.53. The third-order valence-electron chi connectivity index (χ3n) is 3.18. The van der Waals surface area contributed by atoms with Crippen molar-refractivity contribution in [2.45, 2.75) is 31.9 Å². The van der Waals surface area contributed by atoms with Crippen molar-refractivity contribution in [3.63, 3.8) is 0 Å². The second-order valence-corrected chi connectivity index (χ2v) is 4.83. The highest BCUT2D eigenvalue weighted by molar-refractivity contribution is 5.78. The number of halogens is 7. The molecule has 9 heteroatoms. The van der Waals surface area contributed by atoms with Crippen LogP contribution in [0, 0.1) is 13.8 Å². The van der Waals surface area contributed by atoms with Gasteiger partial charge < -0.3 is 4.90 Å². The van der Waals surface area contributed by atoms with Crippen LogP contribution in [-0.4, -0.2) is 25.8 Å². The average Bonchev–Trinajstić information content (AvgIpc) is 2.33. The summed E-state index contributed by atoms with van der Waals surface area (Å²) >= 11 is 0. The number of alkyl halides is 7. The van der Waals surface area contributed by atoms with Crippen molar-refractivity contribution in [3.05, 3.63) is 28.8 Å². The number of aryl methyl sites for hydroxylation is 2. The molecule has 0 aliphatic carbocycles. The van der Waals surface area contributed by atoms with E-state index in [4.69, 9.17) is 0 Å². The lowest BCUT2D eigenvalue weighted by Crippen LogP contribution is -2.50. The first-order valence-corrected chi connectivity index (χ1v) is 5.89. The lowest BCUT2D eigenvalue weighted by Gasteiger charge is -2.31. The largest absolute Gasteiger partial charge is 0.435 e. The van der Waals surface area contributed by atoms with Gasteiger partial charge in [0, 0.05) is 18.3 Å². The van der Waals surface area contributed by atoms with E-state index < -0.39 is 23.6 Å². The van der Waals surface area contributed by atoms with E-state index >= 15 is 0 Å². The second-order valence-electron chi connectivity index (χ2n) is 4.83. The van der Waals surface area contributed by atoms with Crippen molar-refractivity contribution >= 4 is 12.1 Å². The van der Waals surface area contributed by atoms with Gasteiger partial charge >= 0.3 is 18.0 Å². The molecule has 0 aromatic heterocycles. The van der Waals surface area contributed by atoms with Crippen molar-refractivity contribution in [2.75, 3.05) is 11.9 Å². The van der Waals surface area contributed by atoms with Crippen LogP contribution in [0.2, 0.25) is 0 Å². The molecule has 124 valence electrons. The normalized spacial score (nSPS) is 13.2. The van der Waals surface area contributed by atoms with Crippen LogP contribution in [0.5, 0.6) is 0 Å². The van der Waals surface area contributed by atoms with Crippen LogP contribution in [0.15, 0.2) is 12.1 Å². The van der Waals surface area contributed by atoms with Crippen LogP contribution < -0.4 is 4.90 Å². The summed E-state index contributed by atoms with van der Waals surface area (Å²) in [7, 11) is 1.28. The number of hydrogen-bond acceptors (Lipinski definition) is 1. The van der Waals surface area contributed by atoms with E-state index in [1.165, 1.54) is 20.9 Å². The van der Waals surface area contributed by atoms with Gasteiger partial charge in [0.25, 0.3) is 0 Å². The lowest BCUT2D eigenvalue weighted by atomic mass is 9.90. The summed E-state index contributed by atoms with van der Waals surface area (Å²) in [6.07, 6.45) is -12.0. The Morgan fingerprint density at radius 2 is 1.27 bits per heavy atom. The zero-order valence-corrected chi connectivity index (χ0v) is 11.7. The Bertz CT molecular complexity index is 540. The smallest absolute Gasteiger partial charge is 0.318 e. The number of amides is 1. The van der Waals surface area contributed by atoms with Crippen molar-refractivity contribution in [2.24, 2.45) is 0 Å². The summed E-state index contributed by atoms with van der Waals surface area (Å²) in [5, 5.41) is 0. The Balaban J connectivity index is 3.65. The zero-order chi connectivity index (χ0) is 17.5. The molecule has 0 spiro atoms. The molecule has 0 aliphatic heterocycles. The molecular formula is C13H12F7NO. The maximum atomic E-state index is 14.0. The van der Waals surface area contributed by atoms with E-state index in [9.17, 15) is 35.5 Å². The summed E-state index contributed by atoms with van der Waals surface area (Å²) in [6, 6.07) is 0.895. The standard InChI is InChI=1S/C13H12F7NO/c1-7-4-9(5-8(2)10(7)21(3)6-22)11(14,12(15,16)17)13(18,19)20/h4-6H,1-3H3. The van der Waals surface area contributed by atoms with Crippen molar-refractivity contribution in [1.82, 2.24) is 0 Å². The van der Waals surface area contributed by atoms with Crippen molar-refractivity contribution < 1.29 is 35.5 Å². The Kier molecular flexibility index (Phi) is 4.51. The number of nitrogens with zero attached hydrogens (tertiary/aromatic N) is 1. The van der Waals surface area contributed by atoms with E-state index in [0.29, 0.717) is 18.5 Å². The lowest BCUT2D eigenvalue weighted by molar-refractivity contribution is -0.348. The molecule has 0 atom stereocenters. The number of carbonyl (C=O) groups is 1. The molecule has 0 fully saturated rings. The molecule has 2 nitrogen and oxygen atoms in total. The summed E-state index contributed by atoms with van der Waals surface area (Å²) in [5.74, 6) is 0. The van der Waals surface area contributed by atoms with Gasteiger partial charge in [0.15, 0.2) is 0 Å². The molecule has 0 saturated heterocycles. The number of rotatable bonds is 3. The van der Waals surface area contributed by atoms with Gasteiger partial charge in [-0.05, 0) is 25.0 Å². The van der Waals surface area contributed by atoms with Gasteiger partial charge in [-0.15, -0.1) is 0 Å². The van der Waals surface area contributed by atoms with Crippen LogP contribution in [-0.2, 0) is 10.5 Å². The molecule has 22 heavy (non-hydrogen) atoms. The fourth-order valence-electron chi connectivity index (χ4n) is 2.25. The van der Waals surface area contributed by atoms with Gasteiger partial charge in [-0.3, -0.25) is 4.79 Å². The molecule has 0 bridgehead atoms. The predicted molar refractivity (Wildman–Crippen MR) is 65.3 cm³/mol. The highest BCUT2D eigenvalue weighted by atomic mass is 19.4. The molecule has 1 rings (SSSR count). The highest BCUT2D eigenvalue weighted by Gasteiger charge is 2.73. The second kappa shape index (κ2) is 5.44. The summed E-state index contributed by atoms with van der Waals surface area (Å²) in [5.41, 5.74) is -7.09. The summed E-state index contributed by atoms with van der Waals surface area (Å²) in [4.78, 5) is 11.7. The number of anilines is 1. The van der Waals surface area contributed by atoms with Crippen LogP contribution in [0.3, 0.4) is 0 Å². The molecule has 1 amide bonds. The minimum atomic E-state index is -6.16. The molecule has 0 aliphatic rings. The first-order chi connectivity index (χ1) is 9.77. The number of hydrogen-bond donors (Lipinski definition) is 0. The molecule has 0 heterocycles. The van der Waals surface area contributed by atoms with Crippen LogP contribution in [0.25, 0.3) is 0 Å². The Morgan fingerprint density at radius 3 is 1.55 bits per heavy atom.